The largest absolute Gasteiger partial charge is 0.129 e. The summed E-state index contributed by atoms with van der Waals surface area (Å²) in [6, 6.07) is 20.3. The summed E-state index contributed by atoms with van der Waals surface area (Å²) >= 11 is 0. The van der Waals surface area contributed by atoms with Crippen molar-refractivity contribution >= 4 is 16.1 Å². The van der Waals surface area contributed by atoms with E-state index in [0.717, 1.165) is 11.1 Å². The maximum atomic E-state index is 3.33. The van der Waals surface area contributed by atoms with Crippen LogP contribution in [-0.2, 0) is 21.1 Å². The van der Waals surface area contributed by atoms with Crippen LogP contribution < -0.4 is 0 Å². The van der Waals surface area contributed by atoms with Gasteiger partial charge in [-0.15, -0.1) is 11.1 Å². The molecule has 0 aliphatic carbocycles. The van der Waals surface area contributed by atoms with Gasteiger partial charge < -0.3 is 0 Å². The van der Waals surface area contributed by atoms with Gasteiger partial charge in [-0.25, -0.2) is 0 Å². The third-order valence-electron chi connectivity index (χ3n) is 2.71. The van der Waals surface area contributed by atoms with Crippen LogP contribution in [0, 0.1) is 22.9 Å². The monoisotopic (exact) mass is 543 g/mol. The Hall–Kier alpha value is -1.32. The molecular weight excluding hydrogens is 515 g/mol. The third-order valence-corrected chi connectivity index (χ3v) is 4.46. The van der Waals surface area contributed by atoms with Crippen molar-refractivity contribution in [2.75, 3.05) is 0 Å². The average molecular weight is 544 g/mol. The van der Waals surface area contributed by atoms with Gasteiger partial charge in [0.05, 0.1) is 0 Å². The van der Waals surface area contributed by atoms with E-state index in [-0.39, 0.29) is 21.1 Å². The van der Waals surface area contributed by atoms with Gasteiger partial charge in [0.25, 0.3) is 0 Å². The van der Waals surface area contributed by atoms with E-state index in [1.54, 1.807) is 0 Å². The molecular formula is C22H28PtSi2. The van der Waals surface area contributed by atoms with Crippen LogP contribution in [0.5, 0.6) is 0 Å². The van der Waals surface area contributed by atoms with Crippen LogP contribution in [0.3, 0.4) is 0 Å². The third kappa shape index (κ3) is 13.6. The van der Waals surface area contributed by atoms with Crippen LogP contribution in [-0.4, -0.2) is 16.1 Å². The Balaban J connectivity index is 0.000000443. The fourth-order valence-electron chi connectivity index (χ4n) is 1.56. The minimum atomic E-state index is -1.20. The molecule has 2 rings (SSSR count). The summed E-state index contributed by atoms with van der Waals surface area (Å²) in [4.78, 5) is 0. The van der Waals surface area contributed by atoms with Crippen molar-refractivity contribution in [3.05, 3.63) is 71.8 Å². The molecule has 3 heteroatoms. The molecule has 0 aliphatic rings. The van der Waals surface area contributed by atoms with Crippen molar-refractivity contribution in [2.45, 2.75) is 39.3 Å². The minimum absolute atomic E-state index is 0. The second-order valence-electron chi connectivity index (χ2n) is 7.73. The van der Waals surface area contributed by atoms with Crippen molar-refractivity contribution in [3.63, 3.8) is 0 Å². The van der Waals surface area contributed by atoms with Gasteiger partial charge in [0.2, 0.25) is 0 Å². The molecule has 0 aromatic heterocycles. The first-order valence-electron chi connectivity index (χ1n) is 8.32. The molecule has 0 N–H and O–H groups in total. The summed E-state index contributed by atoms with van der Waals surface area (Å²) < 4.78 is 0. The van der Waals surface area contributed by atoms with Crippen LogP contribution in [0.1, 0.15) is 11.1 Å². The van der Waals surface area contributed by atoms with Crippen molar-refractivity contribution < 1.29 is 21.1 Å². The summed E-state index contributed by atoms with van der Waals surface area (Å²) in [5.74, 6) is 6.39. The van der Waals surface area contributed by atoms with E-state index in [1.165, 1.54) is 0 Å². The molecule has 0 heterocycles. The van der Waals surface area contributed by atoms with E-state index >= 15 is 0 Å². The first-order chi connectivity index (χ1) is 11.2. The van der Waals surface area contributed by atoms with Gasteiger partial charge in [0.1, 0.15) is 16.1 Å². The Labute approximate surface area is 170 Å². The molecule has 134 valence electrons. The van der Waals surface area contributed by atoms with E-state index in [1.807, 2.05) is 60.7 Å². The molecule has 0 radical (unpaired) electrons. The molecule has 0 fully saturated rings. The maximum absolute atomic E-state index is 3.33. The van der Waals surface area contributed by atoms with Crippen molar-refractivity contribution in [3.8, 4) is 22.9 Å². The van der Waals surface area contributed by atoms with E-state index in [9.17, 15) is 0 Å². The first-order valence-corrected chi connectivity index (χ1v) is 15.3. The maximum Gasteiger partial charge on any atom is 0.129 e. The molecule has 0 unspecified atom stereocenters. The molecule has 0 saturated heterocycles. The zero-order valence-electron chi connectivity index (χ0n) is 16.1. The van der Waals surface area contributed by atoms with Gasteiger partial charge in [-0.2, -0.15) is 0 Å². The summed E-state index contributed by atoms with van der Waals surface area (Å²) in [6.45, 7) is 13.5. The molecule has 0 aliphatic heterocycles. The Bertz CT molecular complexity index is 664. The van der Waals surface area contributed by atoms with E-state index in [4.69, 9.17) is 0 Å². The van der Waals surface area contributed by atoms with Gasteiger partial charge in [-0.05, 0) is 24.3 Å². The number of benzene rings is 2. The van der Waals surface area contributed by atoms with Crippen LogP contribution in [0.2, 0.25) is 39.3 Å². The van der Waals surface area contributed by atoms with Crippen LogP contribution in [0.25, 0.3) is 0 Å². The fourth-order valence-corrected chi connectivity index (χ4v) is 2.60. The second-order valence-corrected chi connectivity index (χ2v) is 17.2. The first kappa shape index (κ1) is 23.7. The van der Waals surface area contributed by atoms with E-state index in [2.05, 4.69) is 62.2 Å². The van der Waals surface area contributed by atoms with E-state index in [0.29, 0.717) is 0 Å². The Kier molecular flexibility index (Phi) is 10.7. The number of hydrogen-bond acceptors (Lipinski definition) is 0. The van der Waals surface area contributed by atoms with Gasteiger partial charge in [-0.3, -0.25) is 0 Å². The number of hydrogen-bond donors (Lipinski definition) is 0. The normalized spacial score (nSPS) is 9.84. The molecule has 0 spiro atoms. The summed E-state index contributed by atoms with van der Waals surface area (Å²) in [7, 11) is -2.40. The van der Waals surface area contributed by atoms with Gasteiger partial charge >= 0.3 is 0 Å². The van der Waals surface area contributed by atoms with Crippen LogP contribution in [0.4, 0.5) is 0 Å². The molecule has 0 nitrogen and oxygen atoms in total. The molecule has 25 heavy (non-hydrogen) atoms. The fraction of sp³-hybridized carbons (Fsp3) is 0.273. The standard InChI is InChI=1S/2C11H14Si.Pt/c2*1-12(2,3)10-9-11-7-5-4-6-8-11;/h2*4-8H,1-3H3;. The minimum Gasteiger partial charge on any atom is -0.127 e. The van der Waals surface area contributed by atoms with Gasteiger partial charge in [0.15, 0.2) is 0 Å². The Morgan fingerprint density at radius 3 is 1.04 bits per heavy atom. The van der Waals surface area contributed by atoms with Crippen molar-refractivity contribution in [1.82, 2.24) is 0 Å². The summed E-state index contributed by atoms with van der Waals surface area (Å²) in [5, 5.41) is 0. The second kappa shape index (κ2) is 11.3. The Morgan fingerprint density at radius 2 is 0.800 bits per heavy atom. The SMILES string of the molecule is C[Si](C)(C)C#Cc1ccccc1.C[Si](C)(C)C#Cc1ccccc1.[Pt]. The molecule has 0 bridgehead atoms. The van der Waals surface area contributed by atoms with E-state index < -0.39 is 16.1 Å². The molecule has 0 saturated carbocycles. The van der Waals surface area contributed by atoms with Gasteiger partial charge in [0, 0.05) is 32.2 Å². The smallest absolute Gasteiger partial charge is 0.127 e. The molecule has 2 aromatic rings. The zero-order chi connectivity index (χ0) is 18.1. The summed E-state index contributed by atoms with van der Waals surface area (Å²) in [6.07, 6.45) is 0. The van der Waals surface area contributed by atoms with Crippen LogP contribution >= 0.6 is 0 Å². The molecule has 0 amide bonds. The average Bonchev–Trinajstić information content (AvgIpc) is 2.52. The van der Waals surface area contributed by atoms with Gasteiger partial charge in [-0.1, -0.05) is 87.5 Å². The molecule has 2 aromatic carbocycles. The topological polar surface area (TPSA) is 0 Å². The molecule has 0 atom stereocenters. The number of rotatable bonds is 0. The quantitative estimate of drug-likeness (QED) is 0.290. The van der Waals surface area contributed by atoms with Crippen LogP contribution in [0.15, 0.2) is 60.7 Å². The predicted octanol–water partition coefficient (Wildman–Crippen LogP) is 5.83. The predicted molar refractivity (Wildman–Crippen MR) is 113 cm³/mol. The van der Waals surface area contributed by atoms with Crippen molar-refractivity contribution in [1.29, 1.82) is 0 Å². The Morgan fingerprint density at radius 1 is 0.520 bits per heavy atom. The zero-order valence-corrected chi connectivity index (χ0v) is 20.4. The summed E-state index contributed by atoms with van der Waals surface area (Å²) in [5.41, 5.74) is 8.90. The van der Waals surface area contributed by atoms with Crippen molar-refractivity contribution in [2.24, 2.45) is 0 Å².